The molecule has 11 aromatic heterocycles. The lowest BCUT2D eigenvalue weighted by atomic mass is 9.88. The average Bonchev–Trinajstić information content (AvgIpc) is 1.68. The quantitative estimate of drug-likeness (QED) is 0.110. The van der Waals surface area contributed by atoms with Crippen LogP contribution >= 0.6 is 0 Å². The number of hydrogen-bond acceptors (Lipinski definition) is 21. The number of amides is 8. The standard InChI is InChI=1S/C21H21N7O.C21H20N6O2.C20H21F2N5O.C20H19N7O2/c1-13-9-14(2)24-10-16(13)17-3-4-18-20(25-17)28(15-5-8-27(18)12-15)21(29)26-19-11-22-6-7-23-19;1-25-12-14(4-7-19(25)28)17-5-6-18-20(24-17)27(16-8-10-26(18)13-16)21(29)23-15-3-2-9-22-11-15;1-12-2-3-13(10-23-12)16-4-5-17-18(25-16)27(15-6-7-26(17)11-15)19(28)24-14-8-20(21,22)9-14;1-25-11-13(2-5-18(25)28)15-3-4-16-19(23-15)27(14-6-9-26(16)12-14)20(29)24-17-10-21-7-8-22-17/h3-4,6-7,9-11,15H,5,8,12H2,1-2H3,(H,23,26,29);2-7,9,11-12,16H,8,10,13H2,1H3,(H,23,29);2-5,10,14-15H,6-9,11H2,1H3,(H,24,28);2-5,7-8,10-11,14H,6,9,12H2,1H3,(H,22,24,29)/t15-;16-;15-;14-/m0000/s1. The van der Waals surface area contributed by atoms with Crippen molar-refractivity contribution in [1.29, 1.82) is 0 Å². The number of nitrogens with zero attached hydrogens (tertiary/aromatic N) is 21. The molecular weight excluding hydrogens is 1470 g/mol. The van der Waals surface area contributed by atoms with E-state index in [2.05, 4.69) is 88.7 Å². The summed E-state index contributed by atoms with van der Waals surface area (Å²) in [6, 6.07) is 30.6. The van der Waals surface area contributed by atoms with Crippen LogP contribution in [0.4, 0.5) is 91.3 Å². The molecule has 0 unspecified atom stereocenters. The normalized spacial score (nSPS) is 18.5. The number of urea groups is 4. The second-order valence-corrected chi connectivity index (χ2v) is 29.9. The zero-order valence-corrected chi connectivity index (χ0v) is 63.6. The lowest BCUT2D eigenvalue weighted by Crippen LogP contribution is -2.57. The fraction of sp³-hybridized carbons (Fsp3) is 0.305. The van der Waals surface area contributed by atoms with Gasteiger partial charge in [0.1, 0.15) is 0 Å². The molecule has 4 atom stereocenters. The van der Waals surface area contributed by atoms with Gasteiger partial charge in [0.25, 0.3) is 5.92 Å². The Morgan fingerprint density at radius 2 is 0.843 bits per heavy atom. The monoisotopic (exact) mass is 1550 g/mol. The zero-order chi connectivity index (χ0) is 79.3. The first kappa shape index (κ1) is 74.0. The van der Waals surface area contributed by atoms with Crippen LogP contribution in [0.2, 0.25) is 0 Å². The van der Waals surface area contributed by atoms with Crippen LogP contribution in [-0.4, -0.2) is 177 Å². The largest absolute Gasteiger partial charge is 0.366 e. The van der Waals surface area contributed by atoms with Crippen molar-refractivity contribution in [3.8, 4) is 45.0 Å². The molecule has 1 aliphatic carbocycles. The van der Waals surface area contributed by atoms with Crippen LogP contribution in [0.1, 0.15) is 55.5 Å². The highest BCUT2D eigenvalue weighted by molar-refractivity contribution is 6.07. The highest BCUT2D eigenvalue weighted by atomic mass is 19.3. The van der Waals surface area contributed by atoms with E-state index in [1.54, 1.807) is 101 Å². The van der Waals surface area contributed by atoms with Crippen LogP contribution in [0.3, 0.4) is 0 Å². The highest BCUT2D eigenvalue weighted by Crippen LogP contribution is 2.46. The average molecular weight is 1550 g/mol. The molecule has 20 rings (SSSR count). The van der Waals surface area contributed by atoms with Crippen molar-refractivity contribution >= 4 is 87.5 Å². The summed E-state index contributed by atoms with van der Waals surface area (Å²) in [7, 11) is 3.42. The molecule has 0 radical (unpaired) electrons. The Morgan fingerprint density at radius 1 is 0.426 bits per heavy atom. The molecule has 31 nitrogen and oxygen atoms in total. The van der Waals surface area contributed by atoms with Crippen molar-refractivity contribution in [2.24, 2.45) is 14.1 Å². The van der Waals surface area contributed by atoms with Gasteiger partial charge in [0.2, 0.25) is 11.1 Å². The van der Waals surface area contributed by atoms with Crippen LogP contribution in [0.25, 0.3) is 45.0 Å². The molecule has 584 valence electrons. The minimum atomic E-state index is -2.66. The number of aromatic nitrogens is 13. The van der Waals surface area contributed by atoms with E-state index in [-0.39, 0.29) is 72.3 Å². The SMILES string of the molecule is Cc1cc(C)c(-c2ccc3c(n2)N(C(=O)Nc2cnccn2)[C@H]2CCN3C2)cn1.Cc1ccc(-c2ccc3c(n2)N(C(=O)NC2CC(F)(F)C2)[C@H]2CCN3C2)cn1.Cn1cc(-c2ccc3c(n2)N(C(=O)Nc2cccnc2)[C@H]2CCN3C2)ccc1=O.Cn1cc(-c2ccc3c(n2)N(C(=O)Nc2cnccn2)[C@H]2CCN3C2)ccc1=O. The zero-order valence-electron chi connectivity index (χ0n) is 63.6. The second kappa shape index (κ2) is 30.7. The predicted molar refractivity (Wildman–Crippen MR) is 433 cm³/mol. The summed E-state index contributed by atoms with van der Waals surface area (Å²) < 4.78 is 29.3. The number of hydrogen-bond donors (Lipinski definition) is 4. The number of carbonyl (C=O) groups excluding carboxylic acids is 4. The highest BCUT2D eigenvalue weighted by Gasteiger charge is 2.49. The number of pyridine rings is 9. The molecule has 19 heterocycles. The third-order valence-electron chi connectivity index (χ3n) is 22.1. The Hall–Kier alpha value is -13.8. The van der Waals surface area contributed by atoms with Gasteiger partial charge in [-0.2, -0.15) is 0 Å². The Labute approximate surface area is 658 Å². The molecule has 4 saturated heterocycles. The number of rotatable bonds is 8. The van der Waals surface area contributed by atoms with Gasteiger partial charge in [-0.25, -0.2) is 57.9 Å². The number of nitrogens with one attached hydrogen (secondary N) is 4. The van der Waals surface area contributed by atoms with Gasteiger partial charge in [0.05, 0.1) is 94.0 Å². The Morgan fingerprint density at radius 3 is 1.25 bits per heavy atom. The second-order valence-electron chi connectivity index (χ2n) is 29.9. The van der Waals surface area contributed by atoms with Crippen LogP contribution in [-0.2, 0) is 14.1 Å². The van der Waals surface area contributed by atoms with Crippen LogP contribution in [0.5, 0.6) is 0 Å². The van der Waals surface area contributed by atoms with Crippen molar-refractivity contribution in [1.82, 2.24) is 69.3 Å². The van der Waals surface area contributed by atoms with E-state index in [4.69, 9.17) is 19.9 Å². The van der Waals surface area contributed by atoms with E-state index in [1.165, 1.54) is 39.9 Å². The molecule has 9 aliphatic rings. The summed E-state index contributed by atoms with van der Waals surface area (Å²) in [5.74, 6) is 0.695. The minimum Gasteiger partial charge on any atom is -0.366 e. The van der Waals surface area contributed by atoms with E-state index in [0.717, 1.165) is 157 Å². The lowest BCUT2D eigenvalue weighted by Gasteiger charge is -2.40. The number of halogens is 2. The topological polar surface area (TPSA) is 328 Å². The van der Waals surface area contributed by atoms with Gasteiger partial charge in [-0.15, -0.1) is 0 Å². The first-order valence-electron chi connectivity index (χ1n) is 38.1. The number of fused-ring (bicyclic) bond motifs is 16. The minimum absolute atomic E-state index is 0.00646. The van der Waals surface area contributed by atoms with Crippen molar-refractivity contribution in [2.45, 2.75) is 95.4 Å². The van der Waals surface area contributed by atoms with Gasteiger partial charge >= 0.3 is 24.1 Å². The molecule has 33 heteroatoms. The first-order chi connectivity index (χ1) is 55.7. The molecule has 0 aromatic carbocycles. The summed E-state index contributed by atoms with van der Waals surface area (Å²) in [5, 5.41) is 11.4. The fourth-order valence-electron chi connectivity index (χ4n) is 16.3. The fourth-order valence-corrected chi connectivity index (χ4v) is 16.3. The third kappa shape index (κ3) is 15.1. The molecule has 5 fully saturated rings. The van der Waals surface area contributed by atoms with Gasteiger partial charge in [-0.05, 0) is 143 Å². The Balaban J connectivity index is 0.000000111. The molecule has 0 spiro atoms. The van der Waals surface area contributed by atoms with Gasteiger partial charge in [0.15, 0.2) is 34.9 Å². The smallest absolute Gasteiger partial charge is 0.329 e. The van der Waals surface area contributed by atoms with Crippen molar-refractivity contribution < 1.29 is 28.0 Å². The molecule has 11 aromatic rings. The first-order valence-corrected chi connectivity index (χ1v) is 38.1. The third-order valence-corrected chi connectivity index (χ3v) is 22.1. The molecule has 4 N–H and O–H groups in total. The summed E-state index contributed by atoms with van der Waals surface area (Å²) in [6.45, 7) is 12.6. The summed E-state index contributed by atoms with van der Waals surface area (Å²) in [6.07, 6.45) is 22.6. The van der Waals surface area contributed by atoms with E-state index in [1.807, 2.05) is 86.8 Å². The van der Waals surface area contributed by atoms with Gasteiger partial charge in [0, 0.05) is 187 Å². The molecule has 115 heavy (non-hydrogen) atoms. The number of alkyl halides is 2. The molecule has 8 aliphatic heterocycles. The van der Waals surface area contributed by atoms with E-state index in [0.29, 0.717) is 46.3 Å². The Bertz CT molecular complexity index is 5500. The summed E-state index contributed by atoms with van der Waals surface area (Å²) >= 11 is 0. The van der Waals surface area contributed by atoms with E-state index in [9.17, 15) is 37.5 Å². The van der Waals surface area contributed by atoms with E-state index >= 15 is 0 Å². The maximum absolute atomic E-state index is 13.2. The number of carbonyl (C=O) groups is 4. The van der Waals surface area contributed by atoms with Crippen LogP contribution < -0.4 is 71.6 Å². The van der Waals surface area contributed by atoms with Crippen LogP contribution in [0, 0.1) is 20.8 Å². The van der Waals surface area contributed by atoms with Crippen LogP contribution in [0.15, 0.2) is 187 Å². The Kier molecular flexibility index (Phi) is 19.8. The molecule has 8 amide bonds. The maximum Gasteiger partial charge on any atom is 0.329 e. The number of anilines is 11. The summed E-state index contributed by atoms with van der Waals surface area (Å²) in [4.78, 5) is 140. The lowest BCUT2D eigenvalue weighted by molar-refractivity contribution is -0.0895. The molecule has 8 bridgehead atoms. The van der Waals surface area contributed by atoms with Gasteiger partial charge in [-0.3, -0.25) is 64.7 Å². The van der Waals surface area contributed by atoms with Gasteiger partial charge in [-0.1, -0.05) is 0 Å². The van der Waals surface area contributed by atoms with Crippen molar-refractivity contribution in [2.75, 3.05) is 108 Å². The van der Waals surface area contributed by atoms with Crippen molar-refractivity contribution in [3.63, 3.8) is 0 Å². The predicted octanol–water partition coefficient (Wildman–Crippen LogP) is 10.9. The van der Waals surface area contributed by atoms with Gasteiger partial charge < -0.3 is 39.4 Å². The summed E-state index contributed by atoms with van der Waals surface area (Å²) in [5.41, 5.74) is 13.7. The molecular formula is C82H81F2N25O6. The number of aryl methyl sites for hydroxylation is 5. The molecule has 1 saturated carbocycles. The van der Waals surface area contributed by atoms with E-state index < -0.39 is 12.0 Å². The van der Waals surface area contributed by atoms with Crippen molar-refractivity contribution in [3.05, 3.63) is 215 Å². The maximum atomic E-state index is 13.2.